The molecule has 0 radical (unpaired) electrons. The van der Waals surface area contributed by atoms with Crippen LogP contribution in [0.15, 0.2) is 76.3 Å². The summed E-state index contributed by atoms with van der Waals surface area (Å²) in [7, 11) is 0. The van der Waals surface area contributed by atoms with E-state index in [1.807, 2.05) is 49.4 Å². The number of carbonyl (C=O) groups is 1. The normalized spacial score (nSPS) is 12.1. The van der Waals surface area contributed by atoms with E-state index in [4.69, 9.17) is 9.47 Å². The Morgan fingerprint density at radius 2 is 1.71 bits per heavy atom. The highest BCUT2D eigenvalue weighted by atomic mass is 16.7. The zero-order valence-electron chi connectivity index (χ0n) is 18.6. The van der Waals surface area contributed by atoms with Gasteiger partial charge in [-0.05, 0) is 48.4 Å². The number of aromatic nitrogens is 2. The Kier molecular flexibility index (Phi) is 5.63. The van der Waals surface area contributed by atoms with Crippen molar-refractivity contribution in [3.63, 3.8) is 0 Å². The smallest absolute Gasteiger partial charge is 0.331 e. The first-order chi connectivity index (χ1) is 16.5. The van der Waals surface area contributed by atoms with Gasteiger partial charge in [0.2, 0.25) is 6.79 Å². The second kappa shape index (κ2) is 8.90. The molecule has 0 atom stereocenters. The number of aryl methyl sites for hydroxylation is 1. The minimum atomic E-state index is -0.418. The third kappa shape index (κ3) is 3.94. The molecule has 1 N–H and O–H groups in total. The highest BCUT2D eigenvalue weighted by Crippen LogP contribution is 2.32. The van der Waals surface area contributed by atoms with Gasteiger partial charge in [0, 0.05) is 18.7 Å². The van der Waals surface area contributed by atoms with Gasteiger partial charge in [-0.15, -0.1) is 0 Å². The Hall–Kier alpha value is -4.33. The number of rotatable bonds is 6. The van der Waals surface area contributed by atoms with E-state index in [1.165, 1.54) is 4.57 Å². The lowest BCUT2D eigenvalue weighted by Crippen LogP contribution is -2.40. The van der Waals surface area contributed by atoms with Crippen LogP contribution in [0, 0.1) is 0 Å². The van der Waals surface area contributed by atoms with Crippen molar-refractivity contribution in [2.24, 2.45) is 0 Å². The van der Waals surface area contributed by atoms with Gasteiger partial charge in [-0.2, -0.15) is 0 Å². The summed E-state index contributed by atoms with van der Waals surface area (Å²) in [5, 5.41) is 3.20. The van der Waals surface area contributed by atoms with E-state index in [0.29, 0.717) is 41.1 Å². The summed E-state index contributed by atoms with van der Waals surface area (Å²) in [5.41, 5.74) is 1.78. The summed E-state index contributed by atoms with van der Waals surface area (Å²) in [6, 6.07) is 19.7. The number of nitrogens with zero attached hydrogens (tertiary/aromatic N) is 2. The Morgan fingerprint density at radius 3 is 2.50 bits per heavy atom. The van der Waals surface area contributed by atoms with Crippen LogP contribution in [0.5, 0.6) is 11.5 Å². The Balaban J connectivity index is 1.46. The molecule has 1 aromatic heterocycles. The van der Waals surface area contributed by atoms with E-state index in [-0.39, 0.29) is 24.9 Å². The zero-order valence-corrected chi connectivity index (χ0v) is 18.6. The third-order valence-corrected chi connectivity index (χ3v) is 5.88. The van der Waals surface area contributed by atoms with Crippen molar-refractivity contribution in [2.45, 2.75) is 26.6 Å². The first-order valence-corrected chi connectivity index (χ1v) is 11.0. The van der Waals surface area contributed by atoms with Gasteiger partial charge >= 0.3 is 5.69 Å². The van der Waals surface area contributed by atoms with Crippen molar-refractivity contribution >= 4 is 16.8 Å². The minimum absolute atomic E-state index is 0.162. The maximum atomic E-state index is 13.3. The highest BCUT2D eigenvalue weighted by Gasteiger charge is 2.16. The van der Waals surface area contributed by atoms with Gasteiger partial charge in [-0.1, -0.05) is 36.4 Å². The monoisotopic (exact) mass is 457 g/mol. The van der Waals surface area contributed by atoms with Crippen LogP contribution in [0.3, 0.4) is 0 Å². The molecule has 0 aliphatic carbocycles. The van der Waals surface area contributed by atoms with Crippen LogP contribution in [0.1, 0.15) is 28.4 Å². The molecule has 4 aromatic rings. The molecule has 0 unspecified atom stereocenters. The first-order valence-electron chi connectivity index (χ1n) is 11.0. The Morgan fingerprint density at radius 1 is 0.912 bits per heavy atom. The van der Waals surface area contributed by atoms with Gasteiger partial charge in [0.1, 0.15) is 0 Å². The van der Waals surface area contributed by atoms with Crippen LogP contribution >= 0.6 is 0 Å². The molecule has 2 heterocycles. The molecule has 8 nitrogen and oxygen atoms in total. The number of hydrogen-bond acceptors (Lipinski definition) is 5. The summed E-state index contributed by atoms with van der Waals surface area (Å²) in [5.74, 6) is 1.01. The second-order valence-electron chi connectivity index (χ2n) is 8.01. The summed E-state index contributed by atoms with van der Waals surface area (Å²) in [6.45, 7) is 2.90. The van der Waals surface area contributed by atoms with E-state index in [2.05, 4.69) is 5.32 Å². The third-order valence-electron chi connectivity index (χ3n) is 5.88. The lowest BCUT2D eigenvalue weighted by Gasteiger charge is -2.14. The van der Waals surface area contributed by atoms with E-state index in [1.54, 1.807) is 28.8 Å². The number of hydrogen-bond donors (Lipinski definition) is 1. The largest absolute Gasteiger partial charge is 0.454 e. The summed E-state index contributed by atoms with van der Waals surface area (Å²) in [4.78, 5) is 39.2. The van der Waals surface area contributed by atoms with Crippen LogP contribution in [0.2, 0.25) is 0 Å². The molecule has 8 heteroatoms. The summed E-state index contributed by atoms with van der Waals surface area (Å²) >= 11 is 0. The Bertz CT molecular complexity index is 1510. The number of ether oxygens (including phenoxy) is 2. The van der Waals surface area contributed by atoms with Gasteiger partial charge in [-0.25, -0.2) is 4.79 Å². The molecule has 1 amide bonds. The Labute approximate surface area is 195 Å². The van der Waals surface area contributed by atoms with E-state index >= 15 is 0 Å². The maximum absolute atomic E-state index is 13.3. The number of amides is 1. The van der Waals surface area contributed by atoms with Crippen LogP contribution in [0.4, 0.5) is 0 Å². The van der Waals surface area contributed by atoms with Gasteiger partial charge in [0.15, 0.2) is 11.5 Å². The van der Waals surface area contributed by atoms with Crippen molar-refractivity contribution < 1.29 is 14.3 Å². The van der Waals surface area contributed by atoms with Gasteiger partial charge in [0.05, 0.1) is 17.4 Å². The fourth-order valence-electron chi connectivity index (χ4n) is 4.11. The quantitative estimate of drug-likeness (QED) is 0.481. The molecule has 0 saturated heterocycles. The number of nitrogens with one attached hydrogen (secondary N) is 1. The van der Waals surface area contributed by atoms with Crippen molar-refractivity contribution in [3.05, 3.63) is 104 Å². The molecule has 1 aliphatic rings. The molecule has 0 fully saturated rings. The first kappa shape index (κ1) is 21.5. The molecule has 1 aliphatic heterocycles. The fraction of sp³-hybridized carbons (Fsp3) is 0.192. The minimum Gasteiger partial charge on any atom is -0.454 e. The predicted octanol–water partition coefficient (Wildman–Crippen LogP) is 2.89. The highest BCUT2D eigenvalue weighted by molar-refractivity contribution is 5.97. The molecule has 0 spiro atoms. The molecule has 5 rings (SSSR count). The van der Waals surface area contributed by atoms with Gasteiger partial charge in [0.25, 0.3) is 11.5 Å². The molecule has 34 heavy (non-hydrogen) atoms. The van der Waals surface area contributed by atoms with E-state index < -0.39 is 5.56 Å². The number of benzene rings is 3. The fourth-order valence-corrected chi connectivity index (χ4v) is 4.11. The van der Waals surface area contributed by atoms with Gasteiger partial charge < -0.3 is 14.8 Å². The lowest BCUT2D eigenvalue weighted by molar-refractivity contribution is 0.0951. The molecular formula is C26H23N3O5. The van der Waals surface area contributed by atoms with E-state index in [0.717, 1.165) is 11.1 Å². The molecule has 0 bridgehead atoms. The SMILES string of the molecule is CCn1c(=O)n(Cc2ccccc2)c(=O)c2cc(C(=O)NCc3ccc4c(c3)OCO4)ccc21. The van der Waals surface area contributed by atoms with Crippen LogP contribution in [-0.2, 0) is 19.6 Å². The zero-order chi connectivity index (χ0) is 23.7. The van der Waals surface area contributed by atoms with Crippen LogP contribution in [-0.4, -0.2) is 21.8 Å². The average molecular weight is 457 g/mol. The van der Waals surface area contributed by atoms with Crippen LogP contribution < -0.4 is 26.0 Å². The number of carbonyl (C=O) groups excluding carboxylic acids is 1. The van der Waals surface area contributed by atoms with Crippen molar-refractivity contribution in [1.82, 2.24) is 14.5 Å². The van der Waals surface area contributed by atoms with Gasteiger partial charge in [-0.3, -0.25) is 18.7 Å². The summed E-state index contributed by atoms with van der Waals surface area (Å²) < 4.78 is 13.5. The topological polar surface area (TPSA) is 91.6 Å². The number of fused-ring (bicyclic) bond motifs is 2. The van der Waals surface area contributed by atoms with Crippen molar-refractivity contribution in [2.75, 3.05) is 6.79 Å². The lowest BCUT2D eigenvalue weighted by atomic mass is 10.1. The molecular weight excluding hydrogens is 434 g/mol. The molecule has 3 aromatic carbocycles. The average Bonchev–Trinajstić information content (AvgIpc) is 3.34. The van der Waals surface area contributed by atoms with Crippen LogP contribution in [0.25, 0.3) is 10.9 Å². The van der Waals surface area contributed by atoms with Crippen molar-refractivity contribution in [3.8, 4) is 11.5 Å². The van der Waals surface area contributed by atoms with E-state index in [9.17, 15) is 14.4 Å². The maximum Gasteiger partial charge on any atom is 0.331 e. The van der Waals surface area contributed by atoms with Crippen molar-refractivity contribution in [1.29, 1.82) is 0 Å². The summed E-state index contributed by atoms with van der Waals surface area (Å²) in [6.07, 6.45) is 0. The standard InChI is InChI=1S/C26H23N3O5/c1-2-28-21-10-9-19(24(30)27-14-18-8-11-22-23(12-18)34-16-33-22)13-20(21)25(31)29(26(28)32)15-17-6-4-3-5-7-17/h3-13H,2,14-16H2,1H3,(H,27,30). The molecule has 0 saturated carbocycles. The molecule has 172 valence electrons. The second-order valence-corrected chi connectivity index (χ2v) is 8.01. The predicted molar refractivity (Wildman–Crippen MR) is 127 cm³/mol.